The Kier molecular flexibility index (Phi) is 5.83. The molecule has 3 atom stereocenters. The standard InChI is InChI=1S/C23H27FN2O3/c1-28-15-22(27)26-13-18-12-25(11-16-5-3-8-20(9-16)29-2)14-21(18)23(26)17-6-4-7-19(24)10-17/h3-10,18,21,23H,11-15H2,1-2H3/t18-,21-,23+/m1/s1. The molecule has 0 bridgehead atoms. The van der Waals surface area contributed by atoms with Crippen LogP contribution in [0.15, 0.2) is 48.5 Å². The molecule has 1 amide bonds. The van der Waals surface area contributed by atoms with Crippen molar-refractivity contribution in [3.63, 3.8) is 0 Å². The summed E-state index contributed by atoms with van der Waals surface area (Å²) in [4.78, 5) is 17.0. The Labute approximate surface area is 171 Å². The van der Waals surface area contributed by atoms with Crippen molar-refractivity contribution >= 4 is 5.91 Å². The summed E-state index contributed by atoms with van der Waals surface area (Å²) in [5, 5.41) is 0. The first kappa shape index (κ1) is 19.9. The topological polar surface area (TPSA) is 42.0 Å². The van der Waals surface area contributed by atoms with Crippen molar-refractivity contribution in [3.05, 3.63) is 65.5 Å². The van der Waals surface area contributed by atoms with Crippen molar-refractivity contribution in [1.82, 2.24) is 9.80 Å². The summed E-state index contributed by atoms with van der Waals surface area (Å²) >= 11 is 0. The van der Waals surface area contributed by atoms with Crippen LogP contribution in [0.25, 0.3) is 0 Å². The van der Waals surface area contributed by atoms with Crippen LogP contribution in [0.4, 0.5) is 4.39 Å². The molecule has 2 heterocycles. The molecule has 6 heteroatoms. The van der Waals surface area contributed by atoms with Crippen molar-refractivity contribution in [2.24, 2.45) is 11.8 Å². The Bertz CT molecular complexity index is 875. The Morgan fingerprint density at radius 1 is 1.10 bits per heavy atom. The highest BCUT2D eigenvalue weighted by Crippen LogP contribution is 2.45. The highest BCUT2D eigenvalue weighted by molar-refractivity contribution is 5.78. The van der Waals surface area contributed by atoms with Crippen LogP contribution < -0.4 is 4.74 Å². The minimum atomic E-state index is -0.267. The van der Waals surface area contributed by atoms with Gasteiger partial charge in [-0.2, -0.15) is 0 Å². The lowest BCUT2D eigenvalue weighted by molar-refractivity contribution is -0.136. The lowest BCUT2D eigenvalue weighted by atomic mass is 9.89. The summed E-state index contributed by atoms with van der Waals surface area (Å²) in [6, 6.07) is 14.7. The number of methoxy groups -OCH3 is 2. The number of hydrogen-bond acceptors (Lipinski definition) is 4. The van der Waals surface area contributed by atoms with Gasteiger partial charge in [-0.1, -0.05) is 24.3 Å². The molecule has 0 spiro atoms. The van der Waals surface area contributed by atoms with Gasteiger partial charge in [0, 0.05) is 39.2 Å². The fraction of sp³-hybridized carbons (Fsp3) is 0.435. The minimum Gasteiger partial charge on any atom is -0.497 e. The number of nitrogens with zero attached hydrogens (tertiary/aromatic N) is 2. The number of rotatable bonds is 6. The summed E-state index contributed by atoms with van der Waals surface area (Å²) in [5.41, 5.74) is 2.07. The molecule has 2 aliphatic heterocycles. The molecular formula is C23H27FN2O3. The Hall–Kier alpha value is -2.44. The van der Waals surface area contributed by atoms with Crippen molar-refractivity contribution in [2.45, 2.75) is 12.6 Å². The first-order valence-electron chi connectivity index (χ1n) is 9.98. The van der Waals surface area contributed by atoms with Gasteiger partial charge in [-0.3, -0.25) is 9.69 Å². The molecule has 2 saturated heterocycles. The molecule has 0 N–H and O–H groups in total. The molecule has 5 nitrogen and oxygen atoms in total. The third-order valence-corrected chi connectivity index (χ3v) is 6.06. The number of hydrogen-bond donors (Lipinski definition) is 0. The van der Waals surface area contributed by atoms with E-state index in [4.69, 9.17) is 9.47 Å². The molecule has 29 heavy (non-hydrogen) atoms. The lowest BCUT2D eigenvalue weighted by Gasteiger charge is -2.30. The third-order valence-electron chi connectivity index (χ3n) is 6.06. The van der Waals surface area contributed by atoms with E-state index >= 15 is 0 Å². The van der Waals surface area contributed by atoms with E-state index in [0.29, 0.717) is 12.5 Å². The van der Waals surface area contributed by atoms with E-state index in [1.807, 2.05) is 23.1 Å². The zero-order valence-corrected chi connectivity index (χ0v) is 16.9. The zero-order valence-electron chi connectivity index (χ0n) is 16.9. The summed E-state index contributed by atoms with van der Waals surface area (Å²) < 4.78 is 24.3. The van der Waals surface area contributed by atoms with Crippen LogP contribution in [0.2, 0.25) is 0 Å². The molecule has 0 saturated carbocycles. The summed E-state index contributed by atoms with van der Waals surface area (Å²) in [6.45, 7) is 3.37. The van der Waals surface area contributed by atoms with Crippen molar-refractivity contribution < 1.29 is 18.7 Å². The smallest absolute Gasteiger partial charge is 0.249 e. The molecule has 0 unspecified atom stereocenters. The van der Waals surface area contributed by atoms with Gasteiger partial charge in [0.25, 0.3) is 0 Å². The number of carbonyl (C=O) groups excluding carboxylic acids is 1. The Balaban J connectivity index is 1.54. The maximum Gasteiger partial charge on any atom is 0.249 e. The van der Waals surface area contributed by atoms with Crippen LogP contribution in [-0.2, 0) is 16.1 Å². The van der Waals surface area contributed by atoms with Crippen LogP contribution in [-0.4, -0.2) is 56.2 Å². The number of fused-ring (bicyclic) bond motifs is 1. The summed E-state index contributed by atoms with van der Waals surface area (Å²) in [5.74, 6) is 1.21. The van der Waals surface area contributed by atoms with E-state index in [2.05, 4.69) is 17.0 Å². The van der Waals surface area contributed by atoms with Gasteiger partial charge in [0.15, 0.2) is 0 Å². The molecule has 154 valence electrons. The zero-order chi connectivity index (χ0) is 20.4. The van der Waals surface area contributed by atoms with Crippen LogP contribution in [0.1, 0.15) is 17.2 Å². The van der Waals surface area contributed by atoms with Crippen molar-refractivity contribution in [1.29, 1.82) is 0 Å². The Morgan fingerprint density at radius 2 is 1.93 bits per heavy atom. The molecule has 0 aromatic heterocycles. The molecule has 2 aromatic rings. The molecule has 2 aliphatic rings. The minimum absolute atomic E-state index is 0.0319. The molecule has 2 fully saturated rings. The number of carbonyl (C=O) groups is 1. The maximum atomic E-state index is 13.9. The van der Waals surface area contributed by atoms with Gasteiger partial charge in [0.05, 0.1) is 13.2 Å². The highest BCUT2D eigenvalue weighted by Gasteiger charge is 2.48. The van der Waals surface area contributed by atoms with E-state index in [0.717, 1.165) is 30.9 Å². The van der Waals surface area contributed by atoms with E-state index in [-0.39, 0.29) is 30.3 Å². The molecule has 0 aliphatic carbocycles. The first-order chi connectivity index (χ1) is 14.1. The second-order valence-electron chi connectivity index (χ2n) is 7.95. The highest BCUT2D eigenvalue weighted by atomic mass is 19.1. The number of benzene rings is 2. The fourth-order valence-electron chi connectivity index (χ4n) is 4.88. The van der Waals surface area contributed by atoms with Crippen LogP contribution in [0, 0.1) is 17.7 Å². The quantitative estimate of drug-likeness (QED) is 0.750. The second-order valence-corrected chi connectivity index (χ2v) is 7.95. The molecule has 0 radical (unpaired) electrons. The van der Waals surface area contributed by atoms with Crippen LogP contribution in [0.5, 0.6) is 5.75 Å². The maximum absolute atomic E-state index is 13.9. The van der Waals surface area contributed by atoms with E-state index in [9.17, 15) is 9.18 Å². The lowest BCUT2D eigenvalue weighted by Crippen LogP contribution is -2.37. The van der Waals surface area contributed by atoms with Gasteiger partial charge in [0.2, 0.25) is 5.91 Å². The first-order valence-corrected chi connectivity index (χ1v) is 9.98. The van der Waals surface area contributed by atoms with E-state index < -0.39 is 0 Å². The van der Waals surface area contributed by atoms with E-state index in [1.54, 1.807) is 19.2 Å². The van der Waals surface area contributed by atoms with Crippen LogP contribution >= 0.6 is 0 Å². The van der Waals surface area contributed by atoms with Crippen molar-refractivity contribution in [3.8, 4) is 5.75 Å². The fourth-order valence-corrected chi connectivity index (χ4v) is 4.88. The summed E-state index contributed by atoms with van der Waals surface area (Å²) in [6.07, 6.45) is 0. The number of ether oxygens (including phenoxy) is 2. The van der Waals surface area contributed by atoms with Crippen molar-refractivity contribution in [2.75, 3.05) is 40.5 Å². The molecule has 2 aromatic carbocycles. The largest absolute Gasteiger partial charge is 0.497 e. The monoisotopic (exact) mass is 398 g/mol. The van der Waals surface area contributed by atoms with E-state index in [1.165, 1.54) is 18.7 Å². The molecular weight excluding hydrogens is 371 g/mol. The number of likely N-dealkylation sites (tertiary alicyclic amines) is 2. The number of amides is 1. The summed E-state index contributed by atoms with van der Waals surface area (Å²) in [7, 11) is 3.20. The molecule has 4 rings (SSSR count). The number of halogens is 1. The van der Waals surface area contributed by atoms with Gasteiger partial charge in [-0.15, -0.1) is 0 Å². The Morgan fingerprint density at radius 3 is 2.69 bits per heavy atom. The second kappa shape index (κ2) is 8.51. The van der Waals surface area contributed by atoms with Gasteiger partial charge < -0.3 is 14.4 Å². The predicted octanol–water partition coefficient (Wildman–Crippen LogP) is 3.11. The van der Waals surface area contributed by atoms with Crippen LogP contribution in [0.3, 0.4) is 0 Å². The third kappa shape index (κ3) is 4.14. The van der Waals surface area contributed by atoms with Gasteiger partial charge in [-0.05, 0) is 41.3 Å². The SMILES string of the molecule is COCC(=O)N1C[C@H]2CN(Cc3cccc(OC)c3)C[C@H]2[C@@H]1c1cccc(F)c1. The van der Waals surface area contributed by atoms with Gasteiger partial charge in [0.1, 0.15) is 18.2 Å². The average Bonchev–Trinajstić information content (AvgIpc) is 3.25. The normalized spacial score (nSPS) is 24.0. The van der Waals surface area contributed by atoms with Gasteiger partial charge in [-0.25, -0.2) is 4.39 Å². The van der Waals surface area contributed by atoms with Gasteiger partial charge >= 0.3 is 0 Å². The average molecular weight is 398 g/mol. The predicted molar refractivity (Wildman–Crippen MR) is 108 cm³/mol.